The quantitative estimate of drug-likeness (QED) is 0.940. The van der Waals surface area contributed by atoms with Crippen molar-refractivity contribution in [3.8, 4) is 22.6 Å². The number of ether oxygens (including phenoxy) is 1. The molecule has 1 aliphatic heterocycles. The molecule has 2 aromatic carbocycles. The minimum Gasteiger partial charge on any atom is -0.504 e. The Morgan fingerprint density at radius 1 is 1.00 bits per heavy atom. The number of phenolic OH excluding ortho intramolecular Hbond substituents is 1. The maximum Gasteiger partial charge on any atom is 0.253 e. The van der Waals surface area contributed by atoms with Crippen molar-refractivity contribution in [1.82, 2.24) is 4.90 Å². The Morgan fingerprint density at radius 3 is 2.26 bits per heavy atom. The van der Waals surface area contributed by atoms with E-state index in [1.54, 1.807) is 12.1 Å². The zero-order valence-corrected chi connectivity index (χ0v) is 13.3. The molecule has 0 atom stereocenters. The van der Waals surface area contributed by atoms with E-state index in [9.17, 15) is 9.90 Å². The molecule has 1 saturated heterocycles. The molecule has 0 saturated carbocycles. The van der Waals surface area contributed by atoms with Crippen LogP contribution in [-0.2, 0) is 0 Å². The van der Waals surface area contributed by atoms with Crippen molar-refractivity contribution in [1.29, 1.82) is 0 Å². The fraction of sp³-hybridized carbons (Fsp3) is 0.316. The Kier molecular flexibility index (Phi) is 4.51. The lowest BCUT2D eigenvalue weighted by atomic mass is 10.0. The zero-order valence-electron chi connectivity index (χ0n) is 13.3. The topological polar surface area (TPSA) is 49.8 Å². The molecule has 0 bridgehead atoms. The second kappa shape index (κ2) is 6.73. The molecule has 0 unspecified atom stereocenters. The molecule has 1 fully saturated rings. The summed E-state index contributed by atoms with van der Waals surface area (Å²) in [4.78, 5) is 14.4. The van der Waals surface area contributed by atoms with Gasteiger partial charge in [-0.05, 0) is 54.7 Å². The lowest BCUT2D eigenvalue weighted by Gasteiger charge is -2.26. The zero-order chi connectivity index (χ0) is 16.2. The third-order valence-electron chi connectivity index (χ3n) is 4.29. The highest BCUT2D eigenvalue weighted by atomic mass is 16.5. The second-order valence-corrected chi connectivity index (χ2v) is 5.82. The number of aromatic hydroxyl groups is 1. The summed E-state index contributed by atoms with van der Waals surface area (Å²) in [6.45, 7) is 1.71. The van der Waals surface area contributed by atoms with Gasteiger partial charge in [-0.1, -0.05) is 18.2 Å². The minimum absolute atomic E-state index is 0.105. The van der Waals surface area contributed by atoms with Gasteiger partial charge in [-0.3, -0.25) is 4.79 Å². The molecule has 3 rings (SSSR count). The molecule has 1 N–H and O–H groups in total. The smallest absolute Gasteiger partial charge is 0.253 e. The lowest BCUT2D eigenvalue weighted by Crippen LogP contribution is -2.35. The van der Waals surface area contributed by atoms with Crippen LogP contribution in [-0.4, -0.2) is 36.1 Å². The Morgan fingerprint density at radius 2 is 1.65 bits per heavy atom. The van der Waals surface area contributed by atoms with Crippen molar-refractivity contribution >= 4 is 5.91 Å². The van der Waals surface area contributed by atoms with Crippen molar-refractivity contribution in [2.24, 2.45) is 0 Å². The Bertz CT molecular complexity index is 688. The van der Waals surface area contributed by atoms with E-state index >= 15 is 0 Å². The van der Waals surface area contributed by atoms with Gasteiger partial charge >= 0.3 is 0 Å². The first-order valence-electron chi connectivity index (χ1n) is 7.96. The molecule has 1 aliphatic rings. The minimum atomic E-state index is 0.105. The molecule has 0 aromatic heterocycles. The van der Waals surface area contributed by atoms with E-state index < -0.39 is 0 Å². The number of hydrogen-bond acceptors (Lipinski definition) is 3. The molecule has 0 aliphatic carbocycles. The molecular weight excluding hydrogens is 290 g/mol. The van der Waals surface area contributed by atoms with E-state index in [0.717, 1.165) is 37.1 Å². The van der Waals surface area contributed by atoms with Crippen LogP contribution in [0.15, 0.2) is 42.5 Å². The van der Waals surface area contributed by atoms with Crippen LogP contribution >= 0.6 is 0 Å². The maximum atomic E-state index is 12.5. The standard InChI is InChI=1S/C19H21NO3/c1-23-18-10-9-16(13-17(18)21)14-5-7-15(8-6-14)19(22)20-11-3-2-4-12-20/h5-10,13,21H,2-4,11-12H2,1H3. The average Bonchev–Trinajstić information content (AvgIpc) is 2.62. The molecule has 0 spiro atoms. The Hall–Kier alpha value is -2.49. The largest absolute Gasteiger partial charge is 0.504 e. The number of carbonyl (C=O) groups is 1. The van der Waals surface area contributed by atoms with Gasteiger partial charge in [0.2, 0.25) is 0 Å². The van der Waals surface area contributed by atoms with Gasteiger partial charge in [0.15, 0.2) is 11.5 Å². The van der Waals surface area contributed by atoms with Crippen LogP contribution in [0.2, 0.25) is 0 Å². The number of hydrogen-bond donors (Lipinski definition) is 1. The van der Waals surface area contributed by atoms with Crippen LogP contribution in [0.4, 0.5) is 0 Å². The molecular formula is C19H21NO3. The van der Waals surface area contributed by atoms with Crippen LogP contribution in [0.1, 0.15) is 29.6 Å². The number of amides is 1. The normalized spacial score (nSPS) is 14.6. The predicted molar refractivity (Wildman–Crippen MR) is 89.8 cm³/mol. The Labute approximate surface area is 136 Å². The summed E-state index contributed by atoms with van der Waals surface area (Å²) in [5, 5.41) is 9.88. The van der Waals surface area contributed by atoms with Crippen LogP contribution in [0.25, 0.3) is 11.1 Å². The highest BCUT2D eigenvalue weighted by molar-refractivity contribution is 5.94. The van der Waals surface area contributed by atoms with Crippen LogP contribution in [0.3, 0.4) is 0 Å². The van der Waals surface area contributed by atoms with Crippen molar-refractivity contribution in [2.45, 2.75) is 19.3 Å². The van der Waals surface area contributed by atoms with Gasteiger partial charge in [-0.25, -0.2) is 0 Å². The first-order chi connectivity index (χ1) is 11.2. The summed E-state index contributed by atoms with van der Waals surface area (Å²) in [6.07, 6.45) is 3.40. The summed E-state index contributed by atoms with van der Waals surface area (Å²) in [5.74, 6) is 0.665. The average molecular weight is 311 g/mol. The maximum absolute atomic E-state index is 12.5. The molecule has 1 heterocycles. The predicted octanol–water partition coefficient (Wildman–Crippen LogP) is 3.69. The number of rotatable bonds is 3. The first-order valence-corrected chi connectivity index (χ1v) is 7.96. The van der Waals surface area contributed by atoms with Gasteiger partial charge in [-0.15, -0.1) is 0 Å². The summed E-state index contributed by atoms with van der Waals surface area (Å²) in [6, 6.07) is 12.8. The number of benzene rings is 2. The summed E-state index contributed by atoms with van der Waals surface area (Å²) < 4.78 is 5.05. The monoisotopic (exact) mass is 311 g/mol. The number of phenols is 1. The fourth-order valence-electron chi connectivity index (χ4n) is 2.95. The van der Waals surface area contributed by atoms with E-state index in [0.29, 0.717) is 11.3 Å². The van der Waals surface area contributed by atoms with Crippen molar-refractivity contribution in [3.63, 3.8) is 0 Å². The number of methoxy groups -OCH3 is 1. The van der Waals surface area contributed by atoms with Crippen molar-refractivity contribution < 1.29 is 14.6 Å². The van der Waals surface area contributed by atoms with Crippen LogP contribution in [0, 0.1) is 0 Å². The van der Waals surface area contributed by atoms with Crippen LogP contribution < -0.4 is 4.74 Å². The fourth-order valence-corrected chi connectivity index (χ4v) is 2.95. The number of likely N-dealkylation sites (tertiary alicyclic amines) is 1. The van der Waals surface area contributed by atoms with E-state index in [1.165, 1.54) is 13.5 Å². The third kappa shape index (κ3) is 3.31. The van der Waals surface area contributed by atoms with Gasteiger partial charge in [0, 0.05) is 18.7 Å². The number of piperidine rings is 1. The highest BCUT2D eigenvalue weighted by Crippen LogP contribution is 2.31. The summed E-state index contributed by atoms with van der Waals surface area (Å²) in [7, 11) is 1.52. The van der Waals surface area contributed by atoms with Crippen molar-refractivity contribution in [2.75, 3.05) is 20.2 Å². The molecule has 23 heavy (non-hydrogen) atoms. The molecule has 4 nitrogen and oxygen atoms in total. The molecule has 0 radical (unpaired) electrons. The van der Waals surface area contributed by atoms with E-state index in [2.05, 4.69) is 0 Å². The van der Waals surface area contributed by atoms with Gasteiger partial charge in [0.25, 0.3) is 5.91 Å². The van der Waals surface area contributed by atoms with Crippen LogP contribution in [0.5, 0.6) is 11.5 Å². The highest BCUT2D eigenvalue weighted by Gasteiger charge is 2.18. The van der Waals surface area contributed by atoms with E-state index in [-0.39, 0.29) is 11.7 Å². The number of nitrogens with zero attached hydrogens (tertiary/aromatic N) is 1. The molecule has 120 valence electrons. The molecule has 2 aromatic rings. The lowest BCUT2D eigenvalue weighted by molar-refractivity contribution is 0.0724. The van der Waals surface area contributed by atoms with E-state index in [4.69, 9.17) is 4.74 Å². The molecule has 4 heteroatoms. The van der Waals surface area contributed by atoms with Gasteiger partial charge < -0.3 is 14.7 Å². The summed E-state index contributed by atoms with van der Waals surface area (Å²) in [5.41, 5.74) is 2.56. The van der Waals surface area contributed by atoms with Gasteiger partial charge in [0.05, 0.1) is 7.11 Å². The first kappa shape index (κ1) is 15.4. The summed E-state index contributed by atoms with van der Waals surface area (Å²) >= 11 is 0. The Balaban J connectivity index is 1.79. The second-order valence-electron chi connectivity index (χ2n) is 5.82. The van der Waals surface area contributed by atoms with E-state index in [1.807, 2.05) is 35.2 Å². The van der Waals surface area contributed by atoms with Crippen molar-refractivity contribution in [3.05, 3.63) is 48.0 Å². The SMILES string of the molecule is COc1ccc(-c2ccc(C(=O)N3CCCCC3)cc2)cc1O. The third-order valence-corrected chi connectivity index (χ3v) is 4.29. The van der Waals surface area contributed by atoms with Gasteiger partial charge in [-0.2, -0.15) is 0 Å². The van der Waals surface area contributed by atoms with Gasteiger partial charge in [0.1, 0.15) is 0 Å². The number of carbonyl (C=O) groups excluding carboxylic acids is 1. The molecule has 1 amide bonds.